The molecule has 0 fully saturated rings. The number of hydrogen-bond donors (Lipinski definition) is 0. The number of aromatic nitrogens is 1. The summed E-state index contributed by atoms with van der Waals surface area (Å²) in [6, 6.07) is 12.9. The minimum absolute atomic E-state index is 0.0935. The average Bonchev–Trinajstić information content (AvgIpc) is 2.95. The van der Waals surface area contributed by atoms with Gasteiger partial charge in [-0.1, -0.05) is 18.2 Å². The predicted octanol–water partition coefficient (Wildman–Crippen LogP) is 4.44. The molecule has 1 aromatic heterocycles. The molecule has 116 valence electrons. The van der Waals surface area contributed by atoms with Crippen LogP contribution in [-0.4, -0.2) is 24.0 Å². The van der Waals surface area contributed by atoms with Gasteiger partial charge in [-0.3, -0.25) is 10.1 Å². The van der Waals surface area contributed by atoms with Gasteiger partial charge in [-0.05, 0) is 29.8 Å². The van der Waals surface area contributed by atoms with Crippen molar-refractivity contribution in [3.05, 3.63) is 63.1 Å². The maximum Gasteiger partial charge on any atom is 0.270 e. The molecule has 0 radical (unpaired) electrons. The SMILES string of the molecule is CN(C)c1ccc(/C=C/c2nc3ccc([N+](=O)[O-])cc3s2)cc1. The van der Waals surface area contributed by atoms with E-state index in [1.165, 1.54) is 17.4 Å². The quantitative estimate of drug-likeness (QED) is 0.525. The van der Waals surface area contributed by atoms with Crippen LogP contribution in [-0.2, 0) is 0 Å². The largest absolute Gasteiger partial charge is 0.378 e. The van der Waals surface area contributed by atoms with Gasteiger partial charge in [-0.25, -0.2) is 4.98 Å². The standard InChI is InChI=1S/C17H15N3O2S/c1-19(2)13-6-3-12(4-7-13)5-10-17-18-15-9-8-14(20(21)22)11-16(15)23-17/h3-11H,1-2H3/b10-5+. The van der Waals surface area contributed by atoms with Crippen LogP contribution in [0.1, 0.15) is 10.6 Å². The summed E-state index contributed by atoms with van der Waals surface area (Å²) >= 11 is 1.45. The molecule has 6 heteroatoms. The first kappa shape index (κ1) is 15.2. The summed E-state index contributed by atoms with van der Waals surface area (Å²) in [4.78, 5) is 16.9. The van der Waals surface area contributed by atoms with Gasteiger partial charge in [-0.2, -0.15) is 0 Å². The van der Waals surface area contributed by atoms with Crippen LogP contribution < -0.4 is 4.90 Å². The van der Waals surface area contributed by atoms with Gasteiger partial charge in [0.15, 0.2) is 0 Å². The highest BCUT2D eigenvalue weighted by molar-refractivity contribution is 7.19. The fraction of sp³-hybridized carbons (Fsp3) is 0.118. The third-order valence-corrected chi connectivity index (χ3v) is 4.41. The molecule has 0 atom stereocenters. The Hall–Kier alpha value is -2.73. The molecule has 3 rings (SSSR count). The maximum absolute atomic E-state index is 10.8. The summed E-state index contributed by atoms with van der Waals surface area (Å²) in [5.41, 5.74) is 3.11. The van der Waals surface area contributed by atoms with Gasteiger partial charge in [0, 0.05) is 31.9 Å². The van der Waals surface area contributed by atoms with Crippen LogP contribution in [0.25, 0.3) is 22.4 Å². The normalized spacial score (nSPS) is 11.2. The number of anilines is 1. The van der Waals surface area contributed by atoms with Crippen LogP contribution >= 0.6 is 11.3 Å². The van der Waals surface area contributed by atoms with Crippen molar-refractivity contribution >= 4 is 45.1 Å². The highest BCUT2D eigenvalue weighted by Gasteiger charge is 2.09. The number of non-ortho nitro benzene ring substituents is 1. The van der Waals surface area contributed by atoms with E-state index < -0.39 is 0 Å². The van der Waals surface area contributed by atoms with Gasteiger partial charge in [0.25, 0.3) is 5.69 Å². The van der Waals surface area contributed by atoms with Gasteiger partial charge in [0.2, 0.25) is 0 Å². The Morgan fingerprint density at radius 1 is 1.13 bits per heavy atom. The van der Waals surface area contributed by atoms with Crippen LogP contribution in [0.2, 0.25) is 0 Å². The van der Waals surface area contributed by atoms with E-state index in [0.29, 0.717) is 0 Å². The summed E-state index contributed by atoms with van der Waals surface area (Å²) in [6.45, 7) is 0. The molecule has 0 bridgehead atoms. The van der Waals surface area contributed by atoms with Crippen LogP contribution in [0.4, 0.5) is 11.4 Å². The number of nitro groups is 1. The van der Waals surface area contributed by atoms with Gasteiger partial charge in [0.1, 0.15) is 5.01 Å². The molecule has 5 nitrogen and oxygen atoms in total. The highest BCUT2D eigenvalue weighted by Crippen LogP contribution is 2.27. The van der Waals surface area contributed by atoms with E-state index in [9.17, 15) is 10.1 Å². The molecule has 0 spiro atoms. The number of rotatable bonds is 4. The first-order chi connectivity index (χ1) is 11.0. The lowest BCUT2D eigenvalue weighted by Crippen LogP contribution is -2.07. The third kappa shape index (κ3) is 3.37. The number of hydrogen-bond acceptors (Lipinski definition) is 5. The molecule has 23 heavy (non-hydrogen) atoms. The maximum atomic E-state index is 10.8. The molecule has 0 aliphatic rings. The van der Waals surface area contributed by atoms with Crippen LogP contribution in [0.5, 0.6) is 0 Å². The lowest BCUT2D eigenvalue weighted by Gasteiger charge is -2.11. The number of nitrogens with zero attached hydrogens (tertiary/aromatic N) is 3. The Bertz CT molecular complexity index is 882. The topological polar surface area (TPSA) is 59.3 Å². The van der Waals surface area contributed by atoms with E-state index in [4.69, 9.17) is 0 Å². The lowest BCUT2D eigenvalue weighted by atomic mass is 10.2. The molecule has 0 amide bonds. The average molecular weight is 325 g/mol. The molecule has 2 aromatic carbocycles. The Balaban J connectivity index is 1.84. The van der Waals surface area contributed by atoms with E-state index in [1.54, 1.807) is 12.1 Å². The Morgan fingerprint density at radius 2 is 1.87 bits per heavy atom. The Kier molecular flexibility index (Phi) is 4.08. The number of fused-ring (bicyclic) bond motifs is 1. The monoisotopic (exact) mass is 325 g/mol. The van der Waals surface area contributed by atoms with Gasteiger partial charge < -0.3 is 4.90 Å². The minimum atomic E-state index is -0.388. The van der Waals surface area contributed by atoms with E-state index >= 15 is 0 Å². The molecule has 0 aliphatic carbocycles. The van der Waals surface area contributed by atoms with Crippen LogP contribution in [0, 0.1) is 10.1 Å². The Morgan fingerprint density at radius 3 is 2.52 bits per heavy atom. The fourth-order valence-electron chi connectivity index (χ4n) is 2.17. The smallest absolute Gasteiger partial charge is 0.270 e. The summed E-state index contributed by atoms with van der Waals surface area (Å²) in [5, 5.41) is 11.6. The molecule has 0 saturated heterocycles. The van der Waals surface area contributed by atoms with E-state index in [-0.39, 0.29) is 10.6 Å². The second kappa shape index (κ2) is 6.18. The van der Waals surface area contributed by atoms with Crippen molar-refractivity contribution in [2.75, 3.05) is 19.0 Å². The van der Waals surface area contributed by atoms with E-state index in [2.05, 4.69) is 17.1 Å². The van der Waals surface area contributed by atoms with Crippen LogP contribution in [0.3, 0.4) is 0 Å². The van der Waals surface area contributed by atoms with E-state index in [1.807, 2.05) is 43.3 Å². The zero-order chi connectivity index (χ0) is 16.4. The van der Waals surface area contributed by atoms with Gasteiger partial charge in [-0.15, -0.1) is 11.3 Å². The summed E-state index contributed by atoms with van der Waals surface area (Å²) in [6.07, 6.45) is 3.92. The zero-order valence-corrected chi connectivity index (χ0v) is 13.6. The summed E-state index contributed by atoms with van der Waals surface area (Å²) < 4.78 is 0.821. The minimum Gasteiger partial charge on any atom is -0.378 e. The van der Waals surface area contributed by atoms with Gasteiger partial charge >= 0.3 is 0 Å². The molecular weight excluding hydrogens is 310 g/mol. The number of nitro benzene ring substituents is 1. The molecule has 3 aromatic rings. The van der Waals surface area contributed by atoms with Crippen LogP contribution in [0.15, 0.2) is 42.5 Å². The zero-order valence-electron chi connectivity index (χ0n) is 12.8. The molecule has 0 aliphatic heterocycles. The molecule has 0 unspecified atom stereocenters. The number of benzene rings is 2. The number of thiazole rings is 1. The summed E-state index contributed by atoms with van der Waals surface area (Å²) in [5.74, 6) is 0. The van der Waals surface area contributed by atoms with Crippen molar-refractivity contribution < 1.29 is 4.92 Å². The van der Waals surface area contributed by atoms with Crippen molar-refractivity contribution in [2.24, 2.45) is 0 Å². The highest BCUT2D eigenvalue weighted by atomic mass is 32.1. The van der Waals surface area contributed by atoms with Crippen molar-refractivity contribution in [1.82, 2.24) is 4.98 Å². The second-order valence-electron chi connectivity index (χ2n) is 5.28. The van der Waals surface area contributed by atoms with Crippen molar-refractivity contribution in [3.8, 4) is 0 Å². The van der Waals surface area contributed by atoms with Crippen molar-refractivity contribution in [1.29, 1.82) is 0 Å². The first-order valence-electron chi connectivity index (χ1n) is 7.03. The molecule has 1 heterocycles. The molecule has 0 N–H and O–H groups in total. The lowest BCUT2D eigenvalue weighted by molar-refractivity contribution is -0.384. The van der Waals surface area contributed by atoms with Crippen molar-refractivity contribution in [2.45, 2.75) is 0 Å². The molecular formula is C17H15N3O2S. The summed E-state index contributed by atoms with van der Waals surface area (Å²) in [7, 11) is 4.01. The van der Waals surface area contributed by atoms with Gasteiger partial charge in [0.05, 0.1) is 15.1 Å². The predicted molar refractivity (Wildman–Crippen MR) is 96.0 cm³/mol. The second-order valence-corrected chi connectivity index (χ2v) is 6.34. The first-order valence-corrected chi connectivity index (χ1v) is 7.85. The fourth-order valence-corrected chi connectivity index (χ4v) is 3.07. The molecule has 0 saturated carbocycles. The Labute approximate surface area is 137 Å². The third-order valence-electron chi connectivity index (χ3n) is 3.43. The van der Waals surface area contributed by atoms with Crippen molar-refractivity contribution in [3.63, 3.8) is 0 Å². The van der Waals surface area contributed by atoms with E-state index in [0.717, 1.165) is 26.5 Å².